The Kier molecular flexibility index (Phi) is 6.60. The Balaban J connectivity index is 1.46. The van der Waals surface area contributed by atoms with Gasteiger partial charge < -0.3 is 15.2 Å². The van der Waals surface area contributed by atoms with Gasteiger partial charge in [-0.05, 0) is 55.2 Å². The van der Waals surface area contributed by atoms with E-state index in [2.05, 4.69) is 22.8 Å². The van der Waals surface area contributed by atoms with Crippen molar-refractivity contribution in [3.8, 4) is 11.1 Å². The van der Waals surface area contributed by atoms with Crippen molar-refractivity contribution in [1.82, 2.24) is 5.32 Å². The lowest BCUT2D eigenvalue weighted by Crippen LogP contribution is -2.39. The van der Waals surface area contributed by atoms with Crippen molar-refractivity contribution in [1.29, 1.82) is 0 Å². The molecule has 0 bridgehead atoms. The van der Waals surface area contributed by atoms with Crippen molar-refractivity contribution in [2.75, 3.05) is 18.5 Å². The fraction of sp³-hybridized carbons (Fsp3) is 0.250. The van der Waals surface area contributed by atoms with Crippen molar-refractivity contribution >= 4 is 23.7 Å². The summed E-state index contributed by atoms with van der Waals surface area (Å²) in [5.41, 5.74) is 4.72. The number of benzene rings is 3. The molecule has 0 radical (unpaired) electrons. The maximum Gasteiger partial charge on any atom is 0.411 e. The minimum absolute atomic E-state index is 0.0561. The topological polar surface area (TPSA) is 105 Å². The van der Waals surface area contributed by atoms with Crippen LogP contribution in [0.15, 0.2) is 66.7 Å². The van der Waals surface area contributed by atoms with E-state index >= 15 is 0 Å². The van der Waals surface area contributed by atoms with Crippen LogP contribution < -0.4 is 10.6 Å². The standard InChI is InChI=1S/C28H28N2O5/c1-17-12-13-24(22(14-17)25(31)29-16-28(2,3)26(32)33)30-27(34)35-15-23-20-10-6-4-8-18(20)19-9-5-7-11-21(19)23/h4-14,23H,15-16H2,1-3H3,(H,29,31)(H,30,34)(H,32,33). The van der Waals surface area contributed by atoms with Crippen molar-refractivity contribution in [3.63, 3.8) is 0 Å². The highest BCUT2D eigenvalue weighted by atomic mass is 16.5. The molecule has 1 aliphatic carbocycles. The van der Waals surface area contributed by atoms with E-state index in [0.717, 1.165) is 27.8 Å². The van der Waals surface area contributed by atoms with Crippen LogP contribution in [0.3, 0.4) is 0 Å². The summed E-state index contributed by atoms with van der Waals surface area (Å²) in [4.78, 5) is 36.9. The molecule has 0 atom stereocenters. The highest BCUT2D eigenvalue weighted by molar-refractivity contribution is 6.03. The summed E-state index contributed by atoms with van der Waals surface area (Å²) in [7, 11) is 0. The van der Waals surface area contributed by atoms with Gasteiger partial charge in [-0.1, -0.05) is 60.2 Å². The molecular weight excluding hydrogens is 444 g/mol. The van der Waals surface area contributed by atoms with Crippen LogP contribution >= 0.6 is 0 Å². The number of aryl methyl sites for hydroxylation is 1. The molecule has 0 spiro atoms. The number of carboxylic acid groups (broad SMARTS) is 1. The number of hydrogen-bond donors (Lipinski definition) is 3. The summed E-state index contributed by atoms with van der Waals surface area (Å²) in [6.45, 7) is 4.98. The first-order valence-corrected chi connectivity index (χ1v) is 11.4. The Morgan fingerprint density at radius 1 is 0.943 bits per heavy atom. The largest absolute Gasteiger partial charge is 0.481 e. The Hall–Kier alpha value is -4.13. The quantitative estimate of drug-likeness (QED) is 0.439. The molecule has 3 aromatic rings. The third-order valence-corrected chi connectivity index (χ3v) is 6.27. The molecule has 1 aliphatic rings. The van der Waals surface area contributed by atoms with Gasteiger partial charge in [0, 0.05) is 12.5 Å². The maximum absolute atomic E-state index is 12.8. The molecule has 0 fully saturated rings. The van der Waals surface area contributed by atoms with Gasteiger partial charge in [0.2, 0.25) is 0 Å². The number of fused-ring (bicyclic) bond motifs is 3. The SMILES string of the molecule is Cc1ccc(NC(=O)OCC2c3ccccc3-c3ccccc32)c(C(=O)NCC(C)(C)C(=O)O)c1. The molecular formula is C28H28N2O5. The zero-order chi connectivity index (χ0) is 25.2. The first-order valence-electron chi connectivity index (χ1n) is 11.4. The second kappa shape index (κ2) is 9.62. The van der Waals surface area contributed by atoms with Crippen molar-refractivity contribution < 1.29 is 24.2 Å². The minimum Gasteiger partial charge on any atom is -0.481 e. The molecule has 0 aromatic heterocycles. The fourth-order valence-electron chi connectivity index (χ4n) is 4.17. The van der Waals surface area contributed by atoms with Gasteiger partial charge in [-0.3, -0.25) is 14.9 Å². The van der Waals surface area contributed by atoms with Crippen LogP contribution in [0.1, 0.15) is 46.8 Å². The number of carbonyl (C=O) groups excluding carboxylic acids is 2. The van der Waals surface area contributed by atoms with E-state index in [1.807, 2.05) is 43.3 Å². The molecule has 2 amide bonds. The number of hydrogen-bond acceptors (Lipinski definition) is 4. The van der Waals surface area contributed by atoms with Gasteiger partial charge in [0.05, 0.1) is 16.7 Å². The number of ether oxygens (including phenoxy) is 1. The van der Waals surface area contributed by atoms with Crippen LogP contribution in [-0.2, 0) is 9.53 Å². The molecule has 0 heterocycles. The monoisotopic (exact) mass is 472 g/mol. The van der Waals surface area contributed by atoms with Gasteiger partial charge >= 0.3 is 12.1 Å². The maximum atomic E-state index is 12.8. The fourth-order valence-corrected chi connectivity index (χ4v) is 4.17. The Morgan fingerprint density at radius 3 is 2.14 bits per heavy atom. The third-order valence-electron chi connectivity index (χ3n) is 6.27. The van der Waals surface area contributed by atoms with Crippen LogP contribution in [0, 0.1) is 12.3 Å². The van der Waals surface area contributed by atoms with E-state index in [0.29, 0.717) is 5.69 Å². The number of carbonyl (C=O) groups is 3. The van der Waals surface area contributed by atoms with Crippen LogP contribution in [0.2, 0.25) is 0 Å². The van der Waals surface area contributed by atoms with Gasteiger partial charge in [0.25, 0.3) is 5.91 Å². The lowest BCUT2D eigenvalue weighted by atomic mass is 9.94. The van der Waals surface area contributed by atoms with E-state index < -0.39 is 23.4 Å². The van der Waals surface area contributed by atoms with Crippen LogP contribution in [0.5, 0.6) is 0 Å². The highest BCUT2D eigenvalue weighted by Crippen LogP contribution is 2.44. The van der Waals surface area contributed by atoms with E-state index in [9.17, 15) is 19.5 Å². The number of rotatable bonds is 7. The molecule has 4 rings (SSSR count). The van der Waals surface area contributed by atoms with E-state index in [1.54, 1.807) is 18.2 Å². The lowest BCUT2D eigenvalue weighted by Gasteiger charge is -2.20. The Labute approximate surface area is 204 Å². The molecule has 0 aliphatic heterocycles. The van der Waals surface area contributed by atoms with Crippen LogP contribution in [0.25, 0.3) is 11.1 Å². The smallest absolute Gasteiger partial charge is 0.411 e. The van der Waals surface area contributed by atoms with E-state index in [4.69, 9.17) is 4.74 Å². The number of anilines is 1. The van der Waals surface area contributed by atoms with Crippen molar-refractivity contribution in [2.45, 2.75) is 26.7 Å². The predicted octanol–water partition coefficient (Wildman–Crippen LogP) is 5.20. The van der Waals surface area contributed by atoms with E-state index in [-0.39, 0.29) is 24.6 Å². The molecule has 0 saturated heterocycles. The molecule has 0 saturated carbocycles. The van der Waals surface area contributed by atoms with Crippen LogP contribution in [0.4, 0.5) is 10.5 Å². The highest BCUT2D eigenvalue weighted by Gasteiger charge is 2.30. The predicted molar refractivity (Wildman–Crippen MR) is 134 cm³/mol. The molecule has 0 unspecified atom stereocenters. The summed E-state index contributed by atoms with van der Waals surface area (Å²) in [5, 5.41) is 14.6. The second-order valence-electron chi connectivity index (χ2n) is 9.37. The van der Waals surface area contributed by atoms with Gasteiger partial charge in [0.1, 0.15) is 6.61 Å². The summed E-state index contributed by atoms with van der Waals surface area (Å²) in [6.07, 6.45) is -0.671. The summed E-state index contributed by atoms with van der Waals surface area (Å²) in [6, 6.07) is 21.2. The molecule has 35 heavy (non-hydrogen) atoms. The normalized spacial score (nSPS) is 12.4. The second-order valence-corrected chi connectivity index (χ2v) is 9.37. The Morgan fingerprint density at radius 2 is 1.54 bits per heavy atom. The molecule has 7 nitrogen and oxygen atoms in total. The number of amides is 2. The summed E-state index contributed by atoms with van der Waals surface area (Å²) < 4.78 is 5.59. The average Bonchev–Trinajstić information content (AvgIpc) is 3.16. The molecule has 180 valence electrons. The summed E-state index contributed by atoms with van der Waals surface area (Å²) >= 11 is 0. The molecule has 3 aromatic carbocycles. The van der Waals surface area contributed by atoms with Gasteiger partial charge in [-0.25, -0.2) is 4.79 Å². The number of nitrogens with one attached hydrogen (secondary N) is 2. The third kappa shape index (κ3) is 5.04. The van der Waals surface area contributed by atoms with Gasteiger partial charge in [0.15, 0.2) is 0 Å². The van der Waals surface area contributed by atoms with E-state index in [1.165, 1.54) is 13.8 Å². The number of aliphatic carboxylic acids is 1. The van der Waals surface area contributed by atoms with Crippen molar-refractivity contribution in [2.24, 2.45) is 5.41 Å². The molecule has 7 heteroatoms. The van der Waals surface area contributed by atoms with Gasteiger partial charge in [-0.2, -0.15) is 0 Å². The summed E-state index contributed by atoms with van der Waals surface area (Å²) in [5.74, 6) is -1.57. The lowest BCUT2D eigenvalue weighted by molar-refractivity contribution is -0.146. The minimum atomic E-state index is -1.13. The number of carboxylic acids is 1. The first-order chi connectivity index (χ1) is 16.7. The molecule has 3 N–H and O–H groups in total. The van der Waals surface area contributed by atoms with Gasteiger partial charge in [-0.15, -0.1) is 0 Å². The average molecular weight is 473 g/mol. The Bertz CT molecular complexity index is 1250. The first kappa shape index (κ1) is 24.0. The van der Waals surface area contributed by atoms with Crippen LogP contribution in [-0.4, -0.2) is 36.2 Å². The zero-order valence-corrected chi connectivity index (χ0v) is 19.9. The van der Waals surface area contributed by atoms with Crippen molar-refractivity contribution in [3.05, 3.63) is 89.0 Å². The zero-order valence-electron chi connectivity index (χ0n) is 19.9.